The van der Waals surface area contributed by atoms with E-state index in [2.05, 4.69) is 32.0 Å². The lowest BCUT2D eigenvalue weighted by molar-refractivity contribution is -0.133. The number of aryl methyl sites for hydroxylation is 1. The Kier molecular flexibility index (Phi) is 7.61. The molecular weight excluding hydrogens is 548 g/mol. The van der Waals surface area contributed by atoms with Crippen LogP contribution in [0.3, 0.4) is 0 Å². The molecule has 0 atom stereocenters. The molecule has 4 rings (SSSR count). The van der Waals surface area contributed by atoms with Gasteiger partial charge in [-0.15, -0.1) is 0 Å². The SMILES string of the molecule is CCOc1ccccc1NC(=O)C(=O)Nn1c(C(=O)Nc2ccc(C)c(Cl)c2)cc2cc(Br)ccc21. The van der Waals surface area contributed by atoms with Crippen LogP contribution in [0.1, 0.15) is 23.0 Å². The van der Waals surface area contributed by atoms with Crippen molar-refractivity contribution in [3.8, 4) is 5.75 Å². The van der Waals surface area contributed by atoms with E-state index in [0.29, 0.717) is 39.7 Å². The maximum Gasteiger partial charge on any atom is 0.328 e. The highest BCUT2D eigenvalue weighted by atomic mass is 79.9. The van der Waals surface area contributed by atoms with Gasteiger partial charge in [0.15, 0.2) is 0 Å². The zero-order chi connectivity index (χ0) is 25.8. The zero-order valence-electron chi connectivity index (χ0n) is 19.4. The Morgan fingerprint density at radius 3 is 2.50 bits per heavy atom. The van der Waals surface area contributed by atoms with Gasteiger partial charge in [0.05, 0.1) is 17.8 Å². The molecule has 1 heterocycles. The Morgan fingerprint density at radius 1 is 0.972 bits per heavy atom. The number of nitrogens with zero attached hydrogens (tertiary/aromatic N) is 1. The van der Waals surface area contributed by atoms with Gasteiger partial charge in [0.2, 0.25) is 0 Å². The number of fused-ring (bicyclic) bond motifs is 1. The molecule has 1 aromatic heterocycles. The van der Waals surface area contributed by atoms with Gasteiger partial charge >= 0.3 is 11.8 Å². The molecule has 10 heteroatoms. The number of benzene rings is 3. The molecule has 0 fully saturated rings. The summed E-state index contributed by atoms with van der Waals surface area (Å²) < 4.78 is 7.57. The van der Waals surface area contributed by atoms with Crippen LogP contribution in [0.25, 0.3) is 10.9 Å². The van der Waals surface area contributed by atoms with Crippen LogP contribution < -0.4 is 20.8 Å². The average Bonchev–Trinajstić information content (AvgIpc) is 3.20. The van der Waals surface area contributed by atoms with Gasteiger partial charge in [-0.25, -0.2) is 4.68 Å². The van der Waals surface area contributed by atoms with E-state index in [1.165, 1.54) is 4.68 Å². The Hall–Kier alpha value is -3.82. The van der Waals surface area contributed by atoms with Crippen molar-refractivity contribution in [3.05, 3.63) is 87.5 Å². The number of para-hydroxylation sites is 2. The van der Waals surface area contributed by atoms with Gasteiger partial charge in [-0.3, -0.25) is 19.8 Å². The minimum Gasteiger partial charge on any atom is -0.492 e. The fourth-order valence-corrected chi connectivity index (χ4v) is 4.08. The monoisotopic (exact) mass is 568 g/mol. The van der Waals surface area contributed by atoms with Gasteiger partial charge in [0, 0.05) is 20.6 Å². The van der Waals surface area contributed by atoms with E-state index in [4.69, 9.17) is 16.3 Å². The Bertz CT molecular complexity index is 1480. The van der Waals surface area contributed by atoms with Crippen molar-refractivity contribution in [2.24, 2.45) is 0 Å². The molecule has 0 radical (unpaired) electrons. The molecule has 0 aliphatic heterocycles. The molecule has 4 aromatic rings. The second kappa shape index (κ2) is 10.8. The van der Waals surface area contributed by atoms with Crippen molar-refractivity contribution >= 4 is 67.5 Å². The highest BCUT2D eigenvalue weighted by Gasteiger charge is 2.22. The number of carbonyl (C=O) groups is 3. The first-order valence-electron chi connectivity index (χ1n) is 11.0. The number of rotatable bonds is 6. The maximum atomic E-state index is 13.2. The maximum absolute atomic E-state index is 13.2. The number of carbonyl (C=O) groups excluding carboxylic acids is 3. The van der Waals surface area contributed by atoms with Gasteiger partial charge in [0.25, 0.3) is 5.91 Å². The van der Waals surface area contributed by atoms with Crippen LogP contribution in [-0.2, 0) is 9.59 Å². The molecule has 0 spiro atoms. The summed E-state index contributed by atoms with van der Waals surface area (Å²) in [5, 5.41) is 6.52. The van der Waals surface area contributed by atoms with Crippen LogP contribution in [0.2, 0.25) is 5.02 Å². The number of amides is 3. The predicted octanol–water partition coefficient (Wildman–Crippen LogP) is 5.73. The van der Waals surface area contributed by atoms with Gasteiger partial charge in [-0.1, -0.05) is 45.7 Å². The molecule has 8 nitrogen and oxygen atoms in total. The summed E-state index contributed by atoms with van der Waals surface area (Å²) in [6.45, 7) is 4.07. The molecule has 36 heavy (non-hydrogen) atoms. The largest absolute Gasteiger partial charge is 0.492 e. The van der Waals surface area contributed by atoms with E-state index in [0.717, 1.165) is 10.0 Å². The molecule has 0 bridgehead atoms. The van der Waals surface area contributed by atoms with E-state index >= 15 is 0 Å². The van der Waals surface area contributed by atoms with E-state index in [1.807, 2.05) is 13.8 Å². The molecule has 184 valence electrons. The van der Waals surface area contributed by atoms with Crippen LogP contribution in [0, 0.1) is 6.92 Å². The summed E-state index contributed by atoms with van der Waals surface area (Å²) in [7, 11) is 0. The first kappa shape index (κ1) is 25.3. The lowest BCUT2D eigenvalue weighted by Gasteiger charge is -2.14. The smallest absolute Gasteiger partial charge is 0.328 e. The van der Waals surface area contributed by atoms with Crippen molar-refractivity contribution in [1.29, 1.82) is 0 Å². The molecule has 0 unspecified atom stereocenters. The van der Waals surface area contributed by atoms with Crippen molar-refractivity contribution in [1.82, 2.24) is 4.68 Å². The first-order valence-corrected chi connectivity index (χ1v) is 12.2. The van der Waals surface area contributed by atoms with E-state index in [-0.39, 0.29) is 5.69 Å². The van der Waals surface area contributed by atoms with E-state index in [9.17, 15) is 14.4 Å². The molecule has 0 aliphatic carbocycles. The number of aromatic nitrogens is 1. The molecule has 3 aromatic carbocycles. The predicted molar refractivity (Wildman–Crippen MR) is 144 cm³/mol. The second-order valence-corrected chi connectivity index (χ2v) is 9.13. The normalized spacial score (nSPS) is 10.7. The van der Waals surface area contributed by atoms with Crippen molar-refractivity contribution in [2.45, 2.75) is 13.8 Å². The van der Waals surface area contributed by atoms with Crippen LogP contribution in [0.5, 0.6) is 5.75 Å². The number of ether oxygens (including phenoxy) is 1. The van der Waals surface area contributed by atoms with Gasteiger partial charge in [-0.05, 0) is 67.9 Å². The third kappa shape index (κ3) is 5.53. The lowest BCUT2D eigenvalue weighted by atomic mass is 10.2. The van der Waals surface area contributed by atoms with E-state index in [1.54, 1.807) is 66.7 Å². The lowest BCUT2D eigenvalue weighted by Crippen LogP contribution is -2.36. The van der Waals surface area contributed by atoms with Gasteiger partial charge in [0.1, 0.15) is 11.4 Å². The molecule has 3 amide bonds. The van der Waals surface area contributed by atoms with Crippen molar-refractivity contribution < 1.29 is 19.1 Å². The van der Waals surface area contributed by atoms with Gasteiger partial charge < -0.3 is 15.4 Å². The molecule has 0 aliphatic rings. The average molecular weight is 570 g/mol. The fourth-order valence-electron chi connectivity index (χ4n) is 3.52. The van der Waals surface area contributed by atoms with Gasteiger partial charge in [-0.2, -0.15) is 0 Å². The summed E-state index contributed by atoms with van der Waals surface area (Å²) in [5.41, 5.74) is 4.90. The van der Waals surface area contributed by atoms with Crippen molar-refractivity contribution in [2.75, 3.05) is 22.7 Å². The summed E-state index contributed by atoms with van der Waals surface area (Å²) in [6, 6.07) is 18.9. The minimum atomic E-state index is -0.964. The second-order valence-electron chi connectivity index (χ2n) is 7.81. The first-order chi connectivity index (χ1) is 17.3. The topological polar surface area (TPSA) is 101 Å². The third-order valence-electron chi connectivity index (χ3n) is 5.28. The molecular formula is C26H22BrClN4O4. The molecule has 0 saturated carbocycles. The van der Waals surface area contributed by atoms with Crippen molar-refractivity contribution in [3.63, 3.8) is 0 Å². The van der Waals surface area contributed by atoms with E-state index < -0.39 is 17.7 Å². The Labute approximate surface area is 220 Å². The third-order valence-corrected chi connectivity index (χ3v) is 6.18. The number of nitrogens with one attached hydrogen (secondary N) is 3. The zero-order valence-corrected chi connectivity index (χ0v) is 21.7. The van der Waals surface area contributed by atoms with Crippen LogP contribution in [-0.4, -0.2) is 29.0 Å². The van der Waals surface area contributed by atoms with Crippen LogP contribution in [0.4, 0.5) is 11.4 Å². The number of halogens is 2. The summed E-state index contributed by atoms with van der Waals surface area (Å²) in [4.78, 5) is 38.8. The summed E-state index contributed by atoms with van der Waals surface area (Å²) in [5.74, 6) is -1.94. The van der Waals surface area contributed by atoms with Crippen LogP contribution >= 0.6 is 27.5 Å². The highest BCUT2D eigenvalue weighted by Crippen LogP contribution is 2.26. The number of hydrogen-bond donors (Lipinski definition) is 3. The van der Waals surface area contributed by atoms with Crippen LogP contribution in [0.15, 0.2) is 71.2 Å². The molecule has 0 saturated heterocycles. The summed E-state index contributed by atoms with van der Waals surface area (Å²) >= 11 is 9.60. The molecule has 3 N–H and O–H groups in total. The standard InChI is InChI=1S/C26H22BrClN4O4/c1-3-36-23-7-5-4-6-20(23)30-25(34)26(35)31-32-21-11-9-17(27)12-16(21)13-22(32)24(33)29-18-10-8-15(2)19(28)14-18/h4-14H,3H2,1-2H3,(H,29,33)(H,30,34)(H,31,35). The minimum absolute atomic E-state index is 0.121. The number of hydrogen-bond acceptors (Lipinski definition) is 4. The quantitative estimate of drug-likeness (QED) is 0.258. The Morgan fingerprint density at radius 2 is 1.75 bits per heavy atom. The highest BCUT2D eigenvalue weighted by molar-refractivity contribution is 9.10. The number of anilines is 2. The fraction of sp³-hybridized carbons (Fsp3) is 0.115. The Balaban J connectivity index is 1.62. The summed E-state index contributed by atoms with van der Waals surface area (Å²) in [6.07, 6.45) is 0.